The van der Waals surface area contributed by atoms with Gasteiger partial charge in [0.25, 0.3) is 5.89 Å². The summed E-state index contributed by atoms with van der Waals surface area (Å²) in [7, 11) is 1.62. The molecule has 0 amide bonds. The lowest BCUT2D eigenvalue weighted by atomic mass is 10.1. The number of benzene rings is 2. The van der Waals surface area contributed by atoms with Crippen LogP contribution in [0.25, 0.3) is 17.5 Å². The first-order valence-corrected chi connectivity index (χ1v) is 8.03. The molecule has 0 fully saturated rings. The summed E-state index contributed by atoms with van der Waals surface area (Å²) >= 11 is 0. The van der Waals surface area contributed by atoms with Crippen molar-refractivity contribution in [2.24, 2.45) is 0 Å². The van der Waals surface area contributed by atoms with Crippen molar-refractivity contribution in [2.45, 2.75) is 20.5 Å². The SMILES string of the molecule is CC=Cc1ccc(OCc2noc(-c3ccc(C)cc3)n2)c(OC)c1. The number of allylic oxidation sites excluding steroid dienone is 1. The standard InChI is InChI=1S/C20H20N2O3/c1-4-5-15-8-11-17(18(12-15)23-3)24-13-19-21-20(25-22-19)16-9-6-14(2)7-10-16/h4-12H,13H2,1-3H3. The number of hydrogen-bond donors (Lipinski definition) is 0. The molecule has 0 saturated heterocycles. The van der Waals surface area contributed by atoms with Gasteiger partial charge in [0.1, 0.15) is 0 Å². The summed E-state index contributed by atoms with van der Waals surface area (Å²) in [6.45, 7) is 4.21. The first-order valence-electron chi connectivity index (χ1n) is 8.03. The van der Waals surface area contributed by atoms with Gasteiger partial charge in [-0.2, -0.15) is 4.98 Å². The summed E-state index contributed by atoms with van der Waals surface area (Å²) in [5, 5.41) is 3.97. The average molecular weight is 336 g/mol. The second-order valence-electron chi connectivity index (χ2n) is 5.58. The molecule has 25 heavy (non-hydrogen) atoms. The number of hydrogen-bond acceptors (Lipinski definition) is 5. The summed E-state index contributed by atoms with van der Waals surface area (Å²) in [4.78, 5) is 4.37. The Labute approximate surface area is 146 Å². The van der Waals surface area contributed by atoms with E-state index in [1.54, 1.807) is 7.11 Å². The van der Waals surface area contributed by atoms with E-state index in [-0.39, 0.29) is 6.61 Å². The quantitative estimate of drug-likeness (QED) is 0.655. The topological polar surface area (TPSA) is 57.4 Å². The fourth-order valence-electron chi connectivity index (χ4n) is 2.37. The Morgan fingerprint density at radius 1 is 1.08 bits per heavy atom. The molecule has 0 unspecified atom stereocenters. The average Bonchev–Trinajstić information content (AvgIpc) is 3.10. The van der Waals surface area contributed by atoms with Crippen LogP contribution < -0.4 is 9.47 Å². The van der Waals surface area contributed by atoms with Crippen LogP contribution in [-0.2, 0) is 6.61 Å². The molecule has 0 saturated carbocycles. The lowest BCUT2D eigenvalue weighted by molar-refractivity contribution is 0.270. The monoisotopic (exact) mass is 336 g/mol. The fourth-order valence-corrected chi connectivity index (χ4v) is 2.37. The Hall–Kier alpha value is -3.08. The van der Waals surface area contributed by atoms with E-state index in [0.29, 0.717) is 23.2 Å². The molecule has 3 aromatic rings. The van der Waals surface area contributed by atoms with Crippen LogP contribution in [-0.4, -0.2) is 17.3 Å². The normalized spacial score (nSPS) is 11.0. The van der Waals surface area contributed by atoms with Crippen molar-refractivity contribution in [3.8, 4) is 23.0 Å². The minimum Gasteiger partial charge on any atom is -0.493 e. The van der Waals surface area contributed by atoms with Crippen LogP contribution in [0.3, 0.4) is 0 Å². The van der Waals surface area contributed by atoms with Gasteiger partial charge in [0.05, 0.1) is 7.11 Å². The van der Waals surface area contributed by atoms with Gasteiger partial charge in [-0.3, -0.25) is 0 Å². The predicted octanol–water partition coefficient (Wildman–Crippen LogP) is 4.67. The third-order valence-electron chi connectivity index (χ3n) is 3.67. The van der Waals surface area contributed by atoms with Gasteiger partial charge in [-0.25, -0.2) is 0 Å². The molecule has 1 aromatic heterocycles. The van der Waals surface area contributed by atoms with E-state index in [1.165, 1.54) is 5.56 Å². The highest BCUT2D eigenvalue weighted by Gasteiger charge is 2.11. The Morgan fingerprint density at radius 2 is 1.88 bits per heavy atom. The summed E-state index contributed by atoms with van der Waals surface area (Å²) < 4.78 is 16.5. The number of rotatable bonds is 6. The van der Waals surface area contributed by atoms with E-state index in [9.17, 15) is 0 Å². The second kappa shape index (κ2) is 7.66. The molecule has 2 aromatic carbocycles. The van der Waals surface area contributed by atoms with E-state index < -0.39 is 0 Å². The van der Waals surface area contributed by atoms with E-state index in [1.807, 2.05) is 68.5 Å². The minimum absolute atomic E-state index is 0.203. The van der Waals surface area contributed by atoms with Gasteiger partial charge in [0, 0.05) is 5.56 Å². The van der Waals surface area contributed by atoms with E-state index in [4.69, 9.17) is 14.0 Å². The number of methoxy groups -OCH3 is 1. The van der Waals surface area contributed by atoms with Crippen LogP contribution >= 0.6 is 0 Å². The van der Waals surface area contributed by atoms with Gasteiger partial charge in [0.2, 0.25) is 5.82 Å². The van der Waals surface area contributed by atoms with Crippen LogP contribution in [0.4, 0.5) is 0 Å². The summed E-state index contributed by atoms with van der Waals surface area (Å²) in [6.07, 6.45) is 3.97. The van der Waals surface area contributed by atoms with E-state index in [2.05, 4.69) is 10.1 Å². The largest absolute Gasteiger partial charge is 0.493 e. The Bertz CT molecular complexity index is 867. The third kappa shape index (κ3) is 4.07. The molecule has 0 atom stereocenters. The highest BCUT2D eigenvalue weighted by Crippen LogP contribution is 2.29. The maximum absolute atomic E-state index is 5.78. The zero-order valence-corrected chi connectivity index (χ0v) is 14.5. The highest BCUT2D eigenvalue weighted by atomic mass is 16.5. The van der Waals surface area contributed by atoms with Crippen molar-refractivity contribution in [1.29, 1.82) is 0 Å². The van der Waals surface area contributed by atoms with Crippen molar-refractivity contribution in [2.75, 3.05) is 7.11 Å². The number of aryl methyl sites for hydroxylation is 1. The molecule has 0 bridgehead atoms. The minimum atomic E-state index is 0.203. The van der Waals surface area contributed by atoms with Crippen molar-refractivity contribution >= 4 is 6.08 Å². The molecule has 0 aliphatic carbocycles. The van der Waals surface area contributed by atoms with Crippen molar-refractivity contribution in [3.63, 3.8) is 0 Å². The van der Waals surface area contributed by atoms with Gasteiger partial charge < -0.3 is 14.0 Å². The number of aromatic nitrogens is 2. The molecular formula is C20H20N2O3. The Kier molecular flexibility index (Phi) is 5.14. The molecule has 5 nitrogen and oxygen atoms in total. The molecule has 3 rings (SSSR count). The molecule has 5 heteroatoms. The molecule has 128 valence electrons. The second-order valence-corrected chi connectivity index (χ2v) is 5.58. The van der Waals surface area contributed by atoms with Gasteiger partial charge in [-0.05, 0) is 43.7 Å². The van der Waals surface area contributed by atoms with Crippen LogP contribution in [0.5, 0.6) is 11.5 Å². The predicted molar refractivity (Wildman–Crippen MR) is 96.5 cm³/mol. The van der Waals surface area contributed by atoms with Crippen LogP contribution in [0.1, 0.15) is 23.9 Å². The molecule has 0 spiro atoms. The van der Waals surface area contributed by atoms with Crippen LogP contribution in [0.15, 0.2) is 53.1 Å². The molecule has 0 N–H and O–H groups in total. The Balaban J connectivity index is 1.71. The van der Waals surface area contributed by atoms with Crippen molar-refractivity contribution in [3.05, 3.63) is 65.5 Å². The molecule has 0 aliphatic rings. The zero-order valence-electron chi connectivity index (χ0n) is 14.5. The lowest BCUT2D eigenvalue weighted by Gasteiger charge is -2.09. The molecule has 0 radical (unpaired) electrons. The number of nitrogens with zero attached hydrogens (tertiary/aromatic N) is 2. The fraction of sp³-hybridized carbons (Fsp3) is 0.200. The van der Waals surface area contributed by atoms with Gasteiger partial charge in [0.15, 0.2) is 18.1 Å². The maximum Gasteiger partial charge on any atom is 0.258 e. The van der Waals surface area contributed by atoms with Gasteiger partial charge >= 0.3 is 0 Å². The lowest BCUT2D eigenvalue weighted by Crippen LogP contribution is -1.99. The van der Waals surface area contributed by atoms with Crippen molar-refractivity contribution in [1.82, 2.24) is 10.1 Å². The van der Waals surface area contributed by atoms with Crippen molar-refractivity contribution < 1.29 is 14.0 Å². The molecular weight excluding hydrogens is 316 g/mol. The van der Waals surface area contributed by atoms with E-state index in [0.717, 1.165) is 11.1 Å². The smallest absolute Gasteiger partial charge is 0.258 e. The van der Waals surface area contributed by atoms with Gasteiger partial charge in [-0.15, -0.1) is 0 Å². The van der Waals surface area contributed by atoms with Gasteiger partial charge in [-0.1, -0.05) is 41.1 Å². The zero-order chi connectivity index (χ0) is 17.6. The molecule has 0 aliphatic heterocycles. The summed E-state index contributed by atoms with van der Waals surface area (Å²) in [5.74, 6) is 2.26. The number of ether oxygens (including phenoxy) is 2. The van der Waals surface area contributed by atoms with Crippen LogP contribution in [0.2, 0.25) is 0 Å². The maximum atomic E-state index is 5.78. The molecule has 1 heterocycles. The summed E-state index contributed by atoms with van der Waals surface area (Å²) in [5.41, 5.74) is 3.12. The first-order chi connectivity index (χ1) is 12.2. The van der Waals surface area contributed by atoms with E-state index >= 15 is 0 Å². The van der Waals surface area contributed by atoms with Crippen LogP contribution in [0, 0.1) is 6.92 Å². The highest BCUT2D eigenvalue weighted by molar-refractivity contribution is 5.56. The first kappa shape index (κ1) is 16.8. The third-order valence-corrected chi connectivity index (χ3v) is 3.67. The summed E-state index contributed by atoms with van der Waals surface area (Å²) in [6, 6.07) is 13.7. The Morgan fingerprint density at radius 3 is 2.60 bits per heavy atom.